The molecule has 0 bridgehead atoms. The van der Waals surface area contributed by atoms with Gasteiger partial charge in [-0.05, 0) is 69.4 Å². The molecule has 4 nitrogen and oxygen atoms in total. The molecule has 1 aromatic rings. The molecule has 0 spiro atoms. The monoisotopic (exact) mass is 421 g/mol. The maximum atomic E-state index is 12.8. The number of allylic oxidation sites excluding steroid dienone is 1. The number of rotatable bonds is 4. The lowest BCUT2D eigenvalue weighted by Gasteiger charge is -2.50. The van der Waals surface area contributed by atoms with E-state index in [9.17, 15) is 9.59 Å². The molecule has 1 aromatic carbocycles. The van der Waals surface area contributed by atoms with Gasteiger partial charge in [0, 0.05) is 23.9 Å². The number of Topliss-reactive ketones (excluding diaryl/α,β-unsaturated/α-hetero) is 1. The Morgan fingerprint density at radius 2 is 1.97 bits per heavy atom. The van der Waals surface area contributed by atoms with E-state index in [1.807, 2.05) is 30.3 Å². The lowest BCUT2D eigenvalue weighted by molar-refractivity contribution is -0.146. The summed E-state index contributed by atoms with van der Waals surface area (Å²) in [6.07, 6.45) is 7.48. The molecule has 5 rings (SSSR count). The summed E-state index contributed by atoms with van der Waals surface area (Å²) < 4.78 is 5.94. The minimum absolute atomic E-state index is 0.00495. The number of hydrogen-bond acceptors (Lipinski definition) is 4. The molecule has 4 aliphatic rings. The minimum Gasteiger partial charge on any atom is -0.462 e. The van der Waals surface area contributed by atoms with Gasteiger partial charge >= 0.3 is 5.97 Å². The molecule has 4 fully saturated rings. The van der Waals surface area contributed by atoms with E-state index in [0.29, 0.717) is 11.8 Å². The molecule has 0 N–H and O–H groups in total. The fraction of sp³-hybridized carbons (Fsp3) is 0.630. The van der Waals surface area contributed by atoms with E-state index in [-0.39, 0.29) is 35.1 Å². The lowest BCUT2D eigenvalue weighted by atomic mass is 9.55. The van der Waals surface area contributed by atoms with Crippen LogP contribution in [0.2, 0.25) is 0 Å². The summed E-state index contributed by atoms with van der Waals surface area (Å²) in [4.78, 5) is 28.0. The quantitative estimate of drug-likeness (QED) is 0.394. The number of nitrogens with zero attached hydrogens (tertiary/aromatic N) is 1. The molecule has 31 heavy (non-hydrogen) atoms. The molecular formula is C27H35NO3. The lowest BCUT2D eigenvalue weighted by Crippen LogP contribution is -2.46. The first-order valence-corrected chi connectivity index (χ1v) is 12.1. The van der Waals surface area contributed by atoms with Crippen molar-refractivity contribution in [3.63, 3.8) is 0 Å². The van der Waals surface area contributed by atoms with Crippen molar-refractivity contribution in [2.24, 2.45) is 29.1 Å². The van der Waals surface area contributed by atoms with Crippen LogP contribution in [-0.4, -0.2) is 42.4 Å². The third kappa shape index (κ3) is 3.88. The van der Waals surface area contributed by atoms with E-state index in [4.69, 9.17) is 4.74 Å². The molecule has 2 aliphatic carbocycles. The number of ketones is 1. The number of benzene rings is 1. The van der Waals surface area contributed by atoms with Crippen molar-refractivity contribution in [1.82, 2.24) is 4.90 Å². The number of piperidine rings is 1. The van der Waals surface area contributed by atoms with Gasteiger partial charge in [0.05, 0.1) is 5.92 Å². The first-order valence-electron chi connectivity index (χ1n) is 12.1. The van der Waals surface area contributed by atoms with Crippen LogP contribution in [0.4, 0.5) is 0 Å². The summed E-state index contributed by atoms with van der Waals surface area (Å²) in [5.74, 6) is 1.21. The number of likely N-dealkylation sites (tertiary alicyclic amines) is 1. The number of carbonyl (C=O) groups excluding carboxylic acids is 2. The summed E-state index contributed by atoms with van der Waals surface area (Å²) in [5, 5.41) is 0. The van der Waals surface area contributed by atoms with Crippen molar-refractivity contribution in [3.05, 3.63) is 48.0 Å². The summed E-state index contributed by atoms with van der Waals surface area (Å²) in [6.45, 7) is 9.34. The van der Waals surface area contributed by atoms with Crippen LogP contribution in [0.1, 0.15) is 62.2 Å². The molecule has 2 saturated heterocycles. The maximum Gasteiger partial charge on any atom is 0.310 e. The van der Waals surface area contributed by atoms with Gasteiger partial charge in [0.25, 0.3) is 0 Å². The highest BCUT2D eigenvalue weighted by atomic mass is 16.6. The molecule has 5 atom stereocenters. The first kappa shape index (κ1) is 20.9. The molecule has 0 radical (unpaired) electrons. The average molecular weight is 422 g/mol. The Balaban J connectivity index is 1.21. The predicted molar refractivity (Wildman–Crippen MR) is 121 cm³/mol. The van der Waals surface area contributed by atoms with Crippen LogP contribution in [0.5, 0.6) is 0 Å². The maximum absolute atomic E-state index is 12.8. The zero-order valence-electron chi connectivity index (χ0n) is 18.7. The smallest absolute Gasteiger partial charge is 0.310 e. The molecule has 2 aliphatic heterocycles. The second-order valence-corrected chi connectivity index (χ2v) is 10.7. The first-order chi connectivity index (χ1) is 14.9. The Bertz CT molecular complexity index is 856. The number of esters is 1. The molecular weight excluding hydrogens is 386 g/mol. The van der Waals surface area contributed by atoms with Crippen molar-refractivity contribution in [2.45, 2.75) is 58.0 Å². The van der Waals surface area contributed by atoms with Crippen LogP contribution in [0, 0.1) is 29.1 Å². The number of carbonyl (C=O) groups is 2. The van der Waals surface area contributed by atoms with Crippen molar-refractivity contribution < 1.29 is 14.3 Å². The molecule has 2 heterocycles. The fourth-order valence-electron chi connectivity index (χ4n) is 6.96. The largest absolute Gasteiger partial charge is 0.462 e. The van der Waals surface area contributed by atoms with Gasteiger partial charge in [0.1, 0.15) is 6.10 Å². The Labute approximate surface area is 186 Å². The highest BCUT2D eigenvalue weighted by molar-refractivity contribution is 5.97. The zero-order valence-corrected chi connectivity index (χ0v) is 18.7. The number of fused-ring (bicyclic) bond motifs is 2. The van der Waals surface area contributed by atoms with Gasteiger partial charge in [-0.1, -0.05) is 49.4 Å². The second-order valence-electron chi connectivity index (χ2n) is 10.7. The van der Waals surface area contributed by atoms with Crippen LogP contribution >= 0.6 is 0 Å². The second kappa shape index (κ2) is 8.20. The number of ether oxygens (including phenoxy) is 1. The van der Waals surface area contributed by atoms with Gasteiger partial charge < -0.3 is 9.64 Å². The van der Waals surface area contributed by atoms with Crippen LogP contribution < -0.4 is 0 Å². The molecule has 2 saturated carbocycles. The van der Waals surface area contributed by atoms with Gasteiger partial charge in [-0.3, -0.25) is 9.59 Å². The van der Waals surface area contributed by atoms with Gasteiger partial charge in [-0.25, -0.2) is 0 Å². The topological polar surface area (TPSA) is 46.6 Å². The van der Waals surface area contributed by atoms with Crippen molar-refractivity contribution in [2.75, 3.05) is 19.6 Å². The molecule has 166 valence electrons. The Hall–Kier alpha value is -1.94. The SMILES string of the molecule is C=C1CCC[C@]2(C)C[C@H]3OC(=O)[C@@H](CN4CCC(C(=O)c5ccccc5)CC4)[C@@H]3C[C@H]12. The molecule has 0 unspecified atom stereocenters. The standard InChI is InChI=1S/C27H35NO3/c1-18-7-6-12-27(2)16-24-21(15-23(18)27)22(26(30)31-24)17-28-13-10-20(11-14-28)25(29)19-8-4-3-5-9-19/h3-5,8-9,20-24H,1,6-7,10-17H2,2H3/t21-,22-,23+,24+,27+/m0/s1. The predicted octanol–water partition coefficient (Wildman–Crippen LogP) is 4.90. The Morgan fingerprint density at radius 3 is 2.71 bits per heavy atom. The minimum atomic E-state index is -0.0225. The van der Waals surface area contributed by atoms with E-state index in [0.717, 1.165) is 57.3 Å². The fourth-order valence-corrected chi connectivity index (χ4v) is 6.96. The van der Waals surface area contributed by atoms with Crippen LogP contribution in [0.25, 0.3) is 0 Å². The van der Waals surface area contributed by atoms with Crippen LogP contribution in [0.3, 0.4) is 0 Å². The molecule has 4 heteroatoms. The normalized spacial score (nSPS) is 36.5. The summed E-state index contributed by atoms with van der Waals surface area (Å²) >= 11 is 0. The third-order valence-corrected chi connectivity index (χ3v) is 8.79. The van der Waals surface area contributed by atoms with E-state index in [1.165, 1.54) is 18.4 Å². The highest BCUT2D eigenvalue weighted by Crippen LogP contribution is 2.57. The summed E-state index contributed by atoms with van der Waals surface area (Å²) in [5.41, 5.74) is 2.47. The van der Waals surface area contributed by atoms with Gasteiger partial charge in [0.15, 0.2) is 5.78 Å². The van der Waals surface area contributed by atoms with E-state index >= 15 is 0 Å². The summed E-state index contributed by atoms with van der Waals surface area (Å²) in [6, 6.07) is 9.64. The van der Waals surface area contributed by atoms with E-state index in [2.05, 4.69) is 18.4 Å². The van der Waals surface area contributed by atoms with Crippen molar-refractivity contribution >= 4 is 11.8 Å². The molecule has 0 aromatic heterocycles. The highest BCUT2D eigenvalue weighted by Gasteiger charge is 2.55. The zero-order chi connectivity index (χ0) is 21.6. The Kier molecular flexibility index (Phi) is 5.54. The third-order valence-electron chi connectivity index (χ3n) is 8.79. The number of hydrogen-bond donors (Lipinski definition) is 0. The Morgan fingerprint density at radius 1 is 1.23 bits per heavy atom. The van der Waals surface area contributed by atoms with E-state index in [1.54, 1.807) is 0 Å². The average Bonchev–Trinajstić information content (AvgIpc) is 3.06. The molecule has 0 amide bonds. The summed E-state index contributed by atoms with van der Waals surface area (Å²) in [7, 11) is 0. The van der Waals surface area contributed by atoms with Crippen molar-refractivity contribution in [3.8, 4) is 0 Å². The van der Waals surface area contributed by atoms with Crippen molar-refractivity contribution in [1.29, 1.82) is 0 Å². The van der Waals surface area contributed by atoms with Crippen LogP contribution in [-0.2, 0) is 9.53 Å². The van der Waals surface area contributed by atoms with Crippen LogP contribution in [0.15, 0.2) is 42.5 Å². The van der Waals surface area contributed by atoms with Gasteiger partial charge in [-0.15, -0.1) is 0 Å². The van der Waals surface area contributed by atoms with E-state index < -0.39 is 0 Å². The van der Waals surface area contributed by atoms with Gasteiger partial charge in [0.2, 0.25) is 0 Å². The van der Waals surface area contributed by atoms with Gasteiger partial charge in [-0.2, -0.15) is 0 Å².